The lowest BCUT2D eigenvalue weighted by Gasteiger charge is -2.20. The van der Waals surface area contributed by atoms with Crippen molar-refractivity contribution >= 4 is 32.2 Å². The predicted molar refractivity (Wildman–Crippen MR) is 123 cm³/mol. The number of nitrogens with one attached hydrogen (secondary N) is 1. The lowest BCUT2D eigenvalue weighted by atomic mass is 9.95. The smallest absolute Gasteiger partial charge is 0.374 e. The molecule has 1 N–H and O–H groups in total. The number of nitrogens with zero attached hydrogens (tertiary/aromatic N) is 2. The number of rotatable bonds is 3. The molecule has 9 heteroatoms. The second-order valence-electron chi connectivity index (χ2n) is 8.78. The van der Waals surface area contributed by atoms with Gasteiger partial charge in [0.25, 0.3) is 10.0 Å². The van der Waals surface area contributed by atoms with Crippen LogP contribution in [0.15, 0.2) is 53.6 Å². The quantitative estimate of drug-likeness (QED) is 0.599. The summed E-state index contributed by atoms with van der Waals surface area (Å²) in [6, 6.07) is 8.43. The number of hydrogen-bond acceptors (Lipinski definition) is 4. The van der Waals surface area contributed by atoms with Crippen molar-refractivity contribution in [3.05, 3.63) is 65.4 Å². The second-order valence-corrected chi connectivity index (χ2v) is 10.6. The van der Waals surface area contributed by atoms with Crippen LogP contribution in [0.4, 0.5) is 18.9 Å². The highest BCUT2D eigenvalue weighted by molar-refractivity contribution is 7.90. The standard InChI is InChI=1S/C24H24F3N3O2S/c1-15-11-17(7-9-28-15)21-14-30(22-6-4-18(12-20(21)22)24(25,26)27)33(31,32)19-5-3-16-8-10-29(2)23(16)13-19/h3-7,12-15,28H,8-11H2,1-2H3. The normalized spacial score (nSPS) is 19.1. The fourth-order valence-electron chi connectivity index (χ4n) is 4.71. The number of likely N-dealkylation sites (N-methyl/N-ethyl adjacent to an activating group) is 1. The van der Waals surface area contributed by atoms with Crippen LogP contribution in [0.5, 0.6) is 0 Å². The van der Waals surface area contributed by atoms with E-state index in [1.54, 1.807) is 12.1 Å². The lowest BCUT2D eigenvalue weighted by Crippen LogP contribution is -2.29. The van der Waals surface area contributed by atoms with E-state index in [1.165, 1.54) is 12.3 Å². The minimum absolute atomic E-state index is 0.117. The molecule has 3 heterocycles. The van der Waals surface area contributed by atoms with E-state index in [2.05, 4.69) is 5.32 Å². The van der Waals surface area contributed by atoms with Gasteiger partial charge in [-0.25, -0.2) is 12.4 Å². The van der Waals surface area contributed by atoms with Crippen molar-refractivity contribution in [2.45, 2.75) is 36.9 Å². The summed E-state index contributed by atoms with van der Waals surface area (Å²) in [6.45, 7) is 3.38. The number of fused-ring (bicyclic) bond motifs is 2. The summed E-state index contributed by atoms with van der Waals surface area (Å²) in [7, 11) is -2.11. The Balaban J connectivity index is 1.72. The first kappa shape index (κ1) is 22.0. The zero-order chi connectivity index (χ0) is 23.5. The second kappa shape index (κ2) is 7.63. The summed E-state index contributed by atoms with van der Waals surface area (Å²) < 4.78 is 68.9. The van der Waals surface area contributed by atoms with Crippen LogP contribution in [0, 0.1) is 0 Å². The predicted octanol–water partition coefficient (Wildman–Crippen LogP) is 4.65. The van der Waals surface area contributed by atoms with Gasteiger partial charge >= 0.3 is 6.18 Å². The summed E-state index contributed by atoms with van der Waals surface area (Å²) >= 11 is 0. The summed E-state index contributed by atoms with van der Waals surface area (Å²) in [5, 5.41) is 3.55. The zero-order valence-corrected chi connectivity index (χ0v) is 19.1. The Labute approximate surface area is 190 Å². The number of hydrogen-bond donors (Lipinski definition) is 1. The Morgan fingerprint density at radius 3 is 2.64 bits per heavy atom. The number of benzene rings is 2. The third-order valence-electron chi connectivity index (χ3n) is 6.53. The van der Waals surface area contributed by atoms with E-state index in [4.69, 9.17) is 0 Å². The van der Waals surface area contributed by atoms with Gasteiger partial charge < -0.3 is 10.2 Å². The van der Waals surface area contributed by atoms with Crippen LogP contribution in [-0.2, 0) is 22.6 Å². The van der Waals surface area contributed by atoms with Crippen molar-refractivity contribution in [2.24, 2.45) is 0 Å². The summed E-state index contributed by atoms with van der Waals surface area (Å²) in [5.41, 5.74) is 2.74. The maximum atomic E-state index is 13.7. The van der Waals surface area contributed by atoms with Gasteiger partial charge in [-0.2, -0.15) is 13.2 Å². The average Bonchev–Trinajstić information content (AvgIpc) is 3.34. The van der Waals surface area contributed by atoms with Crippen LogP contribution < -0.4 is 10.2 Å². The van der Waals surface area contributed by atoms with Gasteiger partial charge in [-0.15, -0.1) is 0 Å². The Morgan fingerprint density at radius 1 is 1.12 bits per heavy atom. The fourth-order valence-corrected chi connectivity index (χ4v) is 6.10. The minimum Gasteiger partial charge on any atom is -0.374 e. The van der Waals surface area contributed by atoms with Gasteiger partial charge in [0.05, 0.1) is 16.0 Å². The molecule has 0 aliphatic carbocycles. The van der Waals surface area contributed by atoms with Crippen molar-refractivity contribution in [1.29, 1.82) is 0 Å². The van der Waals surface area contributed by atoms with Gasteiger partial charge in [-0.05, 0) is 61.2 Å². The summed E-state index contributed by atoms with van der Waals surface area (Å²) in [4.78, 5) is 2.12. The highest BCUT2D eigenvalue weighted by Gasteiger charge is 2.32. The van der Waals surface area contributed by atoms with E-state index < -0.39 is 21.8 Å². The van der Waals surface area contributed by atoms with Crippen LogP contribution in [0.1, 0.15) is 30.0 Å². The molecular formula is C24H24F3N3O2S. The molecule has 0 amide bonds. The van der Waals surface area contributed by atoms with E-state index in [-0.39, 0.29) is 21.8 Å². The van der Waals surface area contributed by atoms with E-state index in [9.17, 15) is 21.6 Å². The molecule has 174 valence electrons. The number of alkyl halides is 3. The fraction of sp³-hybridized carbons (Fsp3) is 0.333. The molecule has 3 aromatic rings. The molecular weight excluding hydrogens is 451 g/mol. The largest absolute Gasteiger partial charge is 0.416 e. The SMILES string of the molecule is CC1CC(c2cn(S(=O)(=O)c3ccc4c(c3)N(C)CC4)c3ccc(C(F)(F)F)cc23)=CCN1. The highest BCUT2D eigenvalue weighted by atomic mass is 32.2. The van der Waals surface area contributed by atoms with Gasteiger partial charge in [-0.1, -0.05) is 12.1 Å². The van der Waals surface area contributed by atoms with E-state index in [0.29, 0.717) is 18.5 Å². The Kier molecular flexibility index (Phi) is 5.10. The van der Waals surface area contributed by atoms with Crippen LogP contribution >= 0.6 is 0 Å². The molecule has 0 spiro atoms. The summed E-state index contributed by atoms with van der Waals surface area (Å²) in [5.74, 6) is 0. The van der Waals surface area contributed by atoms with Gasteiger partial charge in [0.15, 0.2) is 0 Å². The van der Waals surface area contributed by atoms with Gasteiger partial charge in [-0.3, -0.25) is 0 Å². The molecule has 0 fully saturated rings. The molecule has 0 bridgehead atoms. The van der Waals surface area contributed by atoms with E-state index in [1.807, 2.05) is 31.0 Å². The van der Waals surface area contributed by atoms with E-state index in [0.717, 1.165) is 45.9 Å². The van der Waals surface area contributed by atoms with Crippen LogP contribution in [-0.4, -0.2) is 38.6 Å². The van der Waals surface area contributed by atoms with Crippen LogP contribution in [0.25, 0.3) is 16.5 Å². The highest BCUT2D eigenvalue weighted by Crippen LogP contribution is 2.38. The average molecular weight is 476 g/mol. The zero-order valence-electron chi connectivity index (χ0n) is 18.3. The molecule has 33 heavy (non-hydrogen) atoms. The Morgan fingerprint density at radius 2 is 1.91 bits per heavy atom. The monoisotopic (exact) mass is 475 g/mol. The molecule has 5 nitrogen and oxygen atoms in total. The number of halogens is 3. The molecule has 0 radical (unpaired) electrons. The van der Waals surface area contributed by atoms with Crippen molar-refractivity contribution in [1.82, 2.24) is 9.29 Å². The molecule has 1 atom stereocenters. The molecule has 0 saturated carbocycles. The van der Waals surface area contributed by atoms with Gasteiger partial charge in [0.1, 0.15) is 0 Å². The lowest BCUT2D eigenvalue weighted by molar-refractivity contribution is -0.137. The molecule has 0 saturated heterocycles. The first-order valence-electron chi connectivity index (χ1n) is 10.8. The third kappa shape index (κ3) is 3.73. The van der Waals surface area contributed by atoms with Gasteiger partial charge in [0, 0.05) is 49.0 Å². The van der Waals surface area contributed by atoms with Gasteiger partial charge in [0.2, 0.25) is 0 Å². The molecule has 2 aliphatic heterocycles. The molecule has 2 aliphatic rings. The summed E-state index contributed by atoms with van der Waals surface area (Å²) in [6.07, 6.45) is 0.312. The van der Waals surface area contributed by atoms with Crippen molar-refractivity contribution in [3.8, 4) is 0 Å². The maximum absolute atomic E-state index is 13.7. The topological polar surface area (TPSA) is 54.3 Å². The first-order valence-corrected chi connectivity index (χ1v) is 12.2. The van der Waals surface area contributed by atoms with Crippen LogP contribution in [0.2, 0.25) is 0 Å². The third-order valence-corrected chi connectivity index (χ3v) is 8.20. The Bertz CT molecular complexity index is 1390. The number of aromatic nitrogens is 1. The van der Waals surface area contributed by atoms with Crippen molar-refractivity contribution < 1.29 is 21.6 Å². The molecule has 1 aromatic heterocycles. The van der Waals surface area contributed by atoms with E-state index >= 15 is 0 Å². The molecule has 2 aromatic carbocycles. The molecule has 5 rings (SSSR count). The first-order chi connectivity index (χ1) is 15.6. The minimum atomic E-state index is -4.52. The van der Waals surface area contributed by atoms with Crippen molar-refractivity contribution in [2.75, 3.05) is 25.0 Å². The number of anilines is 1. The van der Waals surface area contributed by atoms with Crippen molar-refractivity contribution in [3.63, 3.8) is 0 Å². The molecule has 1 unspecified atom stereocenters. The Hall–Kier alpha value is -2.78. The van der Waals surface area contributed by atoms with Crippen LogP contribution in [0.3, 0.4) is 0 Å². The maximum Gasteiger partial charge on any atom is 0.416 e.